The van der Waals surface area contributed by atoms with Gasteiger partial charge in [0.15, 0.2) is 0 Å². The summed E-state index contributed by atoms with van der Waals surface area (Å²) in [6, 6.07) is 6.99. The van der Waals surface area contributed by atoms with E-state index in [1.807, 2.05) is 0 Å². The van der Waals surface area contributed by atoms with Crippen molar-refractivity contribution in [2.75, 3.05) is 26.3 Å². The second kappa shape index (κ2) is 10.7. The molecule has 0 aromatic heterocycles. The fraction of sp³-hybridized carbons (Fsp3) is 0.480. The van der Waals surface area contributed by atoms with Crippen molar-refractivity contribution in [1.82, 2.24) is 9.21 Å². The summed E-state index contributed by atoms with van der Waals surface area (Å²) in [6.45, 7) is -0.582. The molecule has 0 spiro atoms. The van der Waals surface area contributed by atoms with Crippen LogP contribution in [0.5, 0.6) is 0 Å². The standard InChI is InChI=1S/C25H29ClF2N2O5S/c26-18-4-6-21(7-5-18)36(34,35)30-22(17-14-19(27)16-20(28)15-17)2-1-3-23(30)25(8-9-25)24(33)29(10-12-31)11-13-32/h4-7,14-16,22-23,31-32H,1-3,8-13H2. The van der Waals surface area contributed by atoms with Gasteiger partial charge in [-0.05, 0) is 74.1 Å². The molecule has 2 atom stereocenters. The van der Waals surface area contributed by atoms with Gasteiger partial charge in [0.2, 0.25) is 15.9 Å². The zero-order valence-corrected chi connectivity index (χ0v) is 21.2. The largest absolute Gasteiger partial charge is 0.395 e. The van der Waals surface area contributed by atoms with Gasteiger partial charge in [-0.3, -0.25) is 4.79 Å². The molecule has 2 fully saturated rings. The second-order valence-corrected chi connectivity index (χ2v) is 11.6. The first-order valence-electron chi connectivity index (χ1n) is 11.9. The quantitative estimate of drug-likeness (QED) is 0.505. The molecule has 7 nitrogen and oxygen atoms in total. The van der Waals surface area contributed by atoms with Crippen molar-refractivity contribution in [3.8, 4) is 0 Å². The van der Waals surface area contributed by atoms with Crippen LogP contribution in [-0.4, -0.2) is 66.1 Å². The minimum absolute atomic E-state index is 0.0103. The number of hydrogen-bond donors (Lipinski definition) is 2. The third-order valence-corrected chi connectivity index (χ3v) is 9.29. The third-order valence-electron chi connectivity index (χ3n) is 7.11. The molecule has 196 valence electrons. The predicted octanol–water partition coefficient (Wildman–Crippen LogP) is 3.50. The maximum absolute atomic E-state index is 14.2. The van der Waals surface area contributed by atoms with Crippen molar-refractivity contribution >= 4 is 27.5 Å². The number of rotatable bonds is 9. The lowest BCUT2D eigenvalue weighted by atomic mass is 9.84. The normalized spacial score (nSPS) is 21.8. The maximum Gasteiger partial charge on any atom is 0.243 e. The van der Waals surface area contributed by atoms with Gasteiger partial charge in [-0.1, -0.05) is 11.6 Å². The van der Waals surface area contributed by atoms with E-state index < -0.39 is 39.2 Å². The van der Waals surface area contributed by atoms with Crippen LogP contribution < -0.4 is 0 Å². The highest BCUT2D eigenvalue weighted by molar-refractivity contribution is 7.89. The lowest BCUT2D eigenvalue weighted by Gasteiger charge is -2.45. The number of hydrogen-bond acceptors (Lipinski definition) is 5. The van der Waals surface area contributed by atoms with Crippen LogP contribution in [0.1, 0.15) is 43.7 Å². The predicted molar refractivity (Wildman–Crippen MR) is 130 cm³/mol. The van der Waals surface area contributed by atoms with Crippen molar-refractivity contribution in [2.24, 2.45) is 5.41 Å². The van der Waals surface area contributed by atoms with Crippen molar-refractivity contribution in [3.05, 3.63) is 64.7 Å². The molecule has 1 saturated carbocycles. The zero-order valence-electron chi connectivity index (χ0n) is 19.6. The van der Waals surface area contributed by atoms with E-state index in [9.17, 15) is 32.2 Å². The Balaban J connectivity index is 1.82. The molecule has 0 radical (unpaired) electrons. The number of piperidine rings is 1. The van der Waals surface area contributed by atoms with Gasteiger partial charge >= 0.3 is 0 Å². The van der Waals surface area contributed by atoms with E-state index >= 15 is 0 Å². The van der Waals surface area contributed by atoms with Crippen LogP contribution >= 0.6 is 11.6 Å². The molecular formula is C25H29ClF2N2O5S. The van der Waals surface area contributed by atoms with Crippen LogP contribution in [-0.2, 0) is 14.8 Å². The number of halogens is 3. The Morgan fingerprint density at radius 3 is 2.14 bits per heavy atom. The van der Waals surface area contributed by atoms with Gasteiger partial charge < -0.3 is 15.1 Å². The van der Waals surface area contributed by atoms with Gasteiger partial charge in [0, 0.05) is 30.2 Å². The molecule has 11 heteroatoms. The number of amides is 1. The average molecular weight is 543 g/mol. The molecule has 0 bridgehead atoms. The summed E-state index contributed by atoms with van der Waals surface area (Å²) in [5.74, 6) is -1.96. The van der Waals surface area contributed by atoms with E-state index in [1.54, 1.807) is 0 Å². The molecule has 2 aromatic rings. The third kappa shape index (κ3) is 5.15. The van der Waals surface area contributed by atoms with Crippen LogP contribution in [0.25, 0.3) is 0 Å². The number of aliphatic hydroxyl groups is 2. The second-order valence-electron chi connectivity index (χ2n) is 9.35. The maximum atomic E-state index is 14.2. The van der Waals surface area contributed by atoms with Crippen LogP contribution in [0.4, 0.5) is 8.78 Å². The molecule has 4 rings (SSSR count). The molecule has 1 aliphatic heterocycles. The number of sulfonamides is 1. The number of carbonyl (C=O) groups excluding carboxylic acids is 1. The fourth-order valence-corrected chi connectivity index (χ4v) is 7.39. The first kappa shape index (κ1) is 26.9. The van der Waals surface area contributed by atoms with Gasteiger partial charge in [-0.15, -0.1) is 0 Å². The molecule has 2 unspecified atom stereocenters. The van der Waals surface area contributed by atoms with Gasteiger partial charge in [0.25, 0.3) is 0 Å². The molecule has 2 aliphatic rings. The molecule has 2 N–H and O–H groups in total. The Kier molecular flexibility index (Phi) is 8.01. The fourth-order valence-electron chi connectivity index (χ4n) is 5.34. The van der Waals surface area contributed by atoms with Gasteiger partial charge in [-0.2, -0.15) is 4.31 Å². The van der Waals surface area contributed by atoms with E-state index in [0.717, 1.165) is 18.2 Å². The molecule has 1 aliphatic carbocycles. The van der Waals surface area contributed by atoms with Crippen molar-refractivity contribution in [1.29, 1.82) is 0 Å². The minimum Gasteiger partial charge on any atom is -0.395 e. The Hall–Kier alpha value is -2.11. The highest BCUT2D eigenvalue weighted by Crippen LogP contribution is 2.57. The smallest absolute Gasteiger partial charge is 0.243 e. The lowest BCUT2D eigenvalue weighted by molar-refractivity contribution is -0.141. The minimum atomic E-state index is -4.22. The Morgan fingerprint density at radius 2 is 1.61 bits per heavy atom. The van der Waals surface area contributed by atoms with Crippen molar-refractivity contribution in [3.63, 3.8) is 0 Å². The zero-order chi connectivity index (χ0) is 26.1. The summed E-state index contributed by atoms with van der Waals surface area (Å²) in [5.41, 5.74) is -0.866. The molecule has 1 amide bonds. The SMILES string of the molecule is O=C(N(CCO)CCO)C1(C2CCCC(c3cc(F)cc(F)c3)N2S(=O)(=O)c2ccc(Cl)cc2)CC1. The van der Waals surface area contributed by atoms with E-state index in [-0.39, 0.29) is 42.7 Å². The molecule has 1 saturated heterocycles. The summed E-state index contributed by atoms with van der Waals surface area (Å²) in [7, 11) is -4.22. The van der Waals surface area contributed by atoms with Crippen LogP contribution in [0.3, 0.4) is 0 Å². The number of carbonyl (C=O) groups is 1. The summed E-state index contributed by atoms with van der Waals surface area (Å²) in [5, 5.41) is 19.2. The number of benzene rings is 2. The van der Waals surface area contributed by atoms with Crippen LogP contribution in [0.2, 0.25) is 5.02 Å². The first-order valence-corrected chi connectivity index (χ1v) is 13.7. The van der Waals surface area contributed by atoms with Gasteiger partial charge in [-0.25, -0.2) is 17.2 Å². The Labute approximate surface area is 214 Å². The topological polar surface area (TPSA) is 98.2 Å². The highest BCUT2D eigenvalue weighted by atomic mass is 35.5. The Morgan fingerprint density at radius 1 is 1.03 bits per heavy atom. The number of nitrogens with zero attached hydrogens (tertiary/aromatic N) is 2. The monoisotopic (exact) mass is 542 g/mol. The van der Waals surface area contributed by atoms with E-state index in [4.69, 9.17) is 11.6 Å². The highest BCUT2D eigenvalue weighted by Gasteiger charge is 2.62. The van der Waals surface area contributed by atoms with Gasteiger partial charge in [0.1, 0.15) is 11.6 Å². The van der Waals surface area contributed by atoms with Gasteiger partial charge in [0.05, 0.1) is 29.6 Å². The molecule has 36 heavy (non-hydrogen) atoms. The molecule has 1 heterocycles. The van der Waals surface area contributed by atoms with Crippen molar-refractivity contribution in [2.45, 2.75) is 49.1 Å². The summed E-state index contributed by atoms with van der Waals surface area (Å²) < 4.78 is 57.8. The Bertz CT molecular complexity index is 1180. The van der Waals surface area contributed by atoms with Crippen LogP contribution in [0.15, 0.2) is 47.4 Å². The lowest BCUT2D eigenvalue weighted by Crippen LogP contribution is -2.55. The summed E-state index contributed by atoms with van der Waals surface area (Å²) in [6.07, 6.45) is 2.13. The van der Waals surface area contributed by atoms with E-state index in [2.05, 4.69) is 0 Å². The first-order chi connectivity index (χ1) is 17.1. The van der Waals surface area contributed by atoms with Crippen LogP contribution in [0, 0.1) is 17.0 Å². The summed E-state index contributed by atoms with van der Waals surface area (Å²) >= 11 is 5.97. The van der Waals surface area contributed by atoms with E-state index in [1.165, 1.54) is 33.5 Å². The molecule has 2 aromatic carbocycles. The van der Waals surface area contributed by atoms with Crippen molar-refractivity contribution < 1.29 is 32.2 Å². The van der Waals surface area contributed by atoms with E-state index in [0.29, 0.717) is 37.1 Å². The average Bonchev–Trinajstić information content (AvgIpc) is 3.65. The number of aliphatic hydroxyl groups excluding tert-OH is 2. The molecular weight excluding hydrogens is 514 g/mol. The summed E-state index contributed by atoms with van der Waals surface area (Å²) in [4.78, 5) is 15.0.